The molecular formula is C20H22IN3O3. The van der Waals surface area contributed by atoms with E-state index >= 15 is 0 Å². The van der Waals surface area contributed by atoms with Crippen molar-refractivity contribution < 1.29 is 14.3 Å². The second kappa shape index (κ2) is 7.38. The molecule has 2 aromatic heterocycles. The number of pyridine rings is 1. The molecule has 0 unspecified atom stereocenters. The van der Waals surface area contributed by atoms with Crippen LogP contribution >= 0.6 is 22.6 Å². The molecule has 0 atom stereocenters. The number of fused-ring (bicyclic) bond motifs is 1. The summed E-state index contributed by atoms with van der Waals surface area (Å²) in [5.41, 5.74) is 2.95. The summed E-state index contributed by atoms with van der Waals surface area (Å²) in [4.78, 5) is 21.5. The molecule has 0 fully saturated rings. The van der Waals surface area contributed by atoms with Gasteiger partial charge in [-0.15, -0.1) is 0 Å². The average molecular weight is 479 g/mol. The summed E-state index contributed by atoms with van der Waals surface area (Å²) in [6, 6.07) is 9.79. The van der Waals surface area contributed by atoms with Crippen LogP contribution in [0.15, 0.2) is 36.5 Å². The minimum atomic E-state index is -0.539. The van der Waals surface area contributed by atoms with Crippen LogP contribution in [0.3, 0.4) is 0 Å². The number of amides is 1. The van der Waals surface area contributed by atoms with Gasteiger partial charge in [-0.3, -0.25) is 4.90 Å². The maximum absolute atomic E-state index is 12.3. The molecule has 2 heterocycles. The number of aromatic nitrogens is 2. The Kier molecular flexibility index (Phi) is 5.32. The molecule has 7 heteroatoms. The number of nitrogens with zero attached hydrogens (tertiary/aromatic N) is 2. The van der Waals surface area contributed by atoms with E-state index in [2.05, 4.69) is 32.6 Å². The van der Waals surface area contributed by atoms with Crippen molar-refractivity contribution >= 4 is 45.3 Å². The second-order valence-corrected chi connectivity index (χ2v) is 8.33. The Bertz CT molecular complexity index is 992. The van der Waals surface area contributed by atoms with Crippen molar-refractivity contribution in [2.45, 2.75) is 26.4 Å². The molecule has 0 spiro atoms. The quantitative estimate of drug-likeness (QED) is 0.524. The highest BCUT2D eigenvalue weighted by Crippen LogP contribution is 2.34. The molecule has 0 aliphatic carbocycles. The van der Waals surface area contributed by atoms with Crippen LogP contribution in [0.25, 0.3) is 22.2 Å². The van der Waals surface area contributed by atoms with Crippen molar-refractivity contribution in [1.82, 2.24) is 9.97 Å². The molecule has 0 bridgehead atoms. The molecule has 3 rings (SSSR count). The van der Waals surface area contributed by atoms with Crippen LogP contribution in [0.5, 0.6) is 5.88 Å². The van der Waals surface area contributed by atoms with E-state index in [0.29, 0.717) is 5.88 Å². The summed E-state index contributed by atoms with van der Waals surface area (Å²) in [7, 11) is 3.31. The van der Waals surface area contributed by atoms with Gasteiger partial charge in [-0.05, 0) is 67.6 Å². The molecule has 1 aromatic carbocycles. The SMILES string of the molecule is COc1nccc(I)c1-c1cc2ccc(N(C)C(=O)OC(C)(C)C)cc2[nH]1. The number of carbonyl (C=O) groups excluding carboxylic acids is 1. The minimum Gasteiger partial charge on any atom is -0.480 e. The number of methoxy groups -OCH3 is 1. The zero-order valence-electron chi connectivity index (χ0n) is 16.0. The Balaban J connectivity index is 1.98. The van der Waals surface area contributed by atoms with Crippen LogP contribution in [-0.4, -0.2) is 35.8 Å². The van der Waals surface area contributed by atoms with Gasteiger partial charge in [0.05, 0.1) is 18.4 Å². The highest BCUT2D eigenvalue weighted by molar-refractivity contribution is 14.1. The third-order valence-electron chi connectivity index (χ3n) is 3.99. The van der Waals surface area contributed by atoms with E-state index in [0.717, 1.165) is 31.4 Å². The van der Waals surface area contributed by atoms with Crippen LogP contribution in [0.4, 0.5) is 10.5 Å². The summed E-state index contributed by atoms with van der Waals surface area (Å²) < 4.78 is 11.9. The fourth-order valence-corrected chi connectivity index (χ4v) is 3.40. The van der Waals surface area contributed by atoms with E-state index < -0.39 is 11.7 Å². The molecule has 0 radical (unpaired) electrons. The average Bonchev–Trinajstić information content (AvgIpc) is 3.01. The Morgan fingerprint density at radius 2 is 1.96 bits per heavy atom. The number of H-pyrrole nitrogens is 1. The lowest BCUT2D eigenvalue weighted by atomic mass is 10.2. The summed E-state index contributed by atoms with van der Waals surface area (Å²) in [5, 5.41) is 1.04. The number of hydrogen-bond acceptors (Lipinski definition) is 4. The smallest absolute Gasteiger partial charge is 0.414 e. The predicted molar refractivity (Wildman–Crippen MR) is 115 cm³/mol. The van der Waals surface area contributed by atoms with Gasteiger partial charge in [-0.25, -0.2) is 9.78 Å². The zero-order valence-corrected chi connectivity index (χ0v) is 18.1. The number of nitrogens with one attached hydrogen (secondary N) is 1. The predicted octanol–water partition coefficient (Wildman–Crippen LogP) is 5.21. The molecule has 0 aliphatic rings. The van der Waals surface area contributed by atoms with Gasteiger partial charge in [0.2, 0.25) is 5.88 Å². The number of ether oxygens (including phenoxy) is 2. The first-order valence-electron chi connectivity index (χ1n) is 8.48. The van der Waals surface area contributed by atoms with Crippen LogP contribution in [0.2, 0.25) is 0 Å². The molecule has 1 N–H and O–H groups in total. The lowest BCUT2D eigenvalue weighted by molar-refractivity contribution is 0.0589. The number of carbonyl (C=O) groups is 1. The summed E-state index contributed by atoms with van der Waals surface area (Å²) in [6.45, 7) is 5.55. The van der Waals surface area contributed by atoms with Crippen molar-refractivity contribution in [3.63, 3.8) is 0 Å². The number of halogens is 1. The molecular weight excluding hydrogens is 457 g/mol. The Hall–Kier alpha value is -2.29. The number of rotatable bonds is 3. The first kappa shape index (κ1) is 19.5. The van der Waals surface area contributed by atoms with Crippen molar-refractivity contribution in [2.75, 3.05) is 19.1 Å². The van der Waals surface area contributed by atoms with Gasteiger partial charge in [0.15, 0.2) is 0 Å². The first-order chi connectivity index (χ1) is 12.7. The van der Waals surface area contributed by atoms with Gasteiger partial charge >= 0.3 is 6.09 Å². The fraction of sp³-hybridized carbons (Fsp3) is 0.300. The van der Waals surface area contributed by atoms with E-state index in [1.165, 1.54) is 4.90 Å². The molecule has 1 amide bonds. The zero-order chi connectivity index (χ0) is 19.8. The maximum Gasteiger partial charge on any atom is 0.414 e. The standard InChI is InChI=1S/C20H22IN3O3/c1-20(2,3)27-19(25)24(4)13-7-6-12-10-16(23-15(12)11-13)17-14(21)8-9-22-18(17)26-5/h6-11,23H,1-5H3. The van der Waals surface area contributed by atoms with Crippen LogP contribution in [-0.2, 0) is 4.74 Å². The Morgan fingerprint density at radius 1 is 1.22 bits per heavy atom. The molecule has 0 saturated heterocycles. The molecule has 27 heavy (non-hydrogen) atoms. The van der Waals surface area contributed by atoms with Crippen LogP contribution < -0.4 is 9.64 Å². The van der Waals surface area contributed by atoms with Crippen molar-refractivity contribution in [3.05, 3.63) is 40.1 Å². The second-order valence-electron chi connectivity index (χ2n) is 7.17. The normalized spacial score (nSPS) is 11.5. The van der Waals surface area contributed by atoms with E-state index in [1.54, 1.807) is 20.4 Å². The van der Waals surface area contributed by atoms with Crippen molar-refractivity contribution in [1.29, 1.82) is 0 Å². The monoisotopic (exact) mass is 479 g/mol. The molecule has 0 saturated carbocycles. The summed E-state index contributed by atoms with van der Waals surface area (Å²) in [6.07, 6.45) is 1.33. The van der Waals surface area contributed by atoms with Gasteiger partial charge in [0.25, 0.3) is 0 Å². The highest BCUT2D eigenvalue weighted by Gasteiger charge is 2.21. The highest BCUT2D eigenvalue weighted by atomic mass is 127. The maximum atomic E-state index is 12.3. The molecule has 6 nitrogen and oxygen atoms in total. The topological polar surface area (TPSA) is 67.4 Å². The molecule has 0 aliphatic heterocycles. The molecule has 3 aromatic rings. The third kappa shape index (κ3) is 4.18. The first-order valence-corrected chi connectivity index (χ1v) is 9.56. The molecule has 142 valence electrons. The van der Waals surface area contributed by atoms with Gasteiger partial charge in [0, 0.05) is 33.4 Å². The Labute approximate surface area is 172 Å². The summed E-state index contributed by atoms with van der Waals surface area (Å²) in [5.74, 6) is 0.569. The summed E-state index contributed by atoms with van der Waals surface area (Å²) >= 11 is 2.27. The fourth-order valence-electron chi connectivity index (χ4n) is 2.71. The number of anilines is 1. The Morgan fingerprint density at radius 3 is 2.63 bits per heavy atom. The number of benzene rings is 1. The van der Waals surface area contributed by atoms with Gasteiger partial charge in [0.1, 0.15) is 5.60 Å². The van der Waals surface area contributed by atoms with Crippen LogP contribution in [0.1, 0.15) is 20.8 Å². The van der Waals surface area contributed by atoms with E-state index in [4.69, 9.17) is 9.47 Å². The van der Waals surface area contributed by atoms with Crippen molar-refractivity contribution in [2.24, 2.45) is 0 Å². The van der Waals surface area contributed by atoms with Gasteiger partial charge in [-0.2, -0.15) is 0 Å². The minimum absolute atomic E-state index is 0.392. The van der Waals surface area contributed by atoms with Gasteiger partial charge in [-0.1, -0.05) is 6.07 Å². The van der Waals surface area contributed by atoms with E-state index in [-0.39, 0.29) is 0 Å². The van der Waals surface area contributed by atoms with E-state index in [9.17, 15) is 4.79 Å². The van der Waals surface area contributed by atoms with Crippen LogP contribution in [0, 0.1) is 3.57 Å². The van der Waals surface area contributed by atoms with Crippen molar-refractivity contribution in [3.8, 4) is 17.1 Å². The number of aromatic amines is 1. The van der Waals surface area contributed by atoms with Gasteiger partial charge < -0.3 is 14.5 Å². The lowest BCUT2D eigenvalue weighted by Gasteiger charge is -2.24. The lowest BCUT2D eigenvalue weighted by Crippen LogP contribution is -2.34. The number of hydrogen-bond donors (Lipinski definition) is 1. The largest absolute Gasteiger partial charge is 0.480 e. The van der Waals surface area contributed by atoms with E-state index in [1.807, 2.05) is 51.1 Å². The third-order valence-corrected chi connectivity index (χ3v) is 4.89.